The molecule has 0 saturated heterocycles. The molecule has 0 aliphatic carbocycles. The van der Waals surface area contributed by atoms with Crippen molar-refractivity contribution in [3.63, 3.8) is 0 Å². The van der Waals surface area contributed by atoms with Gasteiger partial charge < -0.3 is 10.6 Å². The van der Waals surface area contributed by atoms with Crippen LogP contribution in [0.4, 0.5) is 5.69 Å². The fraction of sp³-hybridized carbons (Fsp3) is 0.467. The molecule has 0 fully saturated rings. The Balaban J connectivity index is 2.26. The molecule has 19 heavy (non-hydrogen) atoms. The molecule has 0 saturated carbocycles. The first-order chi connectivity index (χ1) is 9.27. The van der Waals surface area contributed by atoms with Crippen LogP contribution in [0.3, 0.4) is 0 Å². The van der Waals surface area contributed by atoms with Gasteiger partial charge in [-0.3, -0.25) is 4.79 Å². The number of para-hydroxylation sites is 1. The highest BCUT2D eigenvalue weighted by Crippen LogP contribution is 2.13. The number of hydrogen-bond donors (Lipinski definition) is 2. The molecule has 0 atom stereocenters. The van der Waals surface area contributed by atoms with E-state index in [-0.39, 0.29) is 5.91 Å². The van der Waals surface area contributed by atoms with Crippen LogP contribution in [0.5, 0.6) is 0 Å². The van der Waals surface area contributed by atoms with Crippen LogP contribution in [0.2, 0.25) is 0 Å². The zero-order valence-corrected chi connectivity index (χ0v) is 11.4. The summed E-state index contributed by atoms with van der Waals surface area (Å²) in [6.07, 6.45) is 3.99. The van der Waals surface area contributed by atoms with E-state index < -0.39 is 0 Å². The summed E-state index contributed by atoms with van der Waals surface area (Å²) in [6.45, 7) is 3.79. The molecule has 4 nitrogen and oxygen atoms in total. The number of carbonyl (C=O) groups excluding carboxylic acids is 1. The van der Waals surface area contributed by atoms with E-state index >= 15 is 0 Å². The smallest absolute Gasteiger partial charge is 0.225 e. The summed E-state index contributed by atoms with van der Waals surface area (Å²) < 4.78 is 0. The monoisotopic (exact) mass is 259 g/mol. The molecule has 1 aromatic carbocycles. The SMILES string of the molecule is CCCCCNCCC(=O)Nc1ccccc1C#N. The Kier molecular flexibility index (Phi) is 7.30. The maximum absolute atomic E-state index is 11.7. The first-order valence-electron chi connectivity index (χ1n) is 6.77. The Morgan fingerprint density at radius 2 is 2.05 bits per heavy atom. The van der Waals surface area contributed by atoms with Gasteiger partial charge in [0.25, 0.3) is 0 Å². The van der Waals surface area contributed by atoms with E-state index in [2.05, 4.69) is 23.6 Å². The first kappa shape index (κ1) is 15.2. The Morgan fingerprint density at radius 1 is 1.26 bits per heavy atom. The molecule has 0 aromatic heterocycles. The van der Waals surface area contributed by atoms with Gasteiger partial charge in [0.2, 0.25) is 5.91 Å². The Labute approximate surface area is 114 Å². The summed E-state index contributed by atoms with van der Waals surface area (Å²) in [6, 6.07) is 9.08. The number of carbonyl (C=O) groups is 1. The van der Waals surface area contributed by atoms with E-state index in [9.17, 15) is 4.79 Å². The van der Waals surface area contributed by atoms with Gasteiger partial charge in [-0.05, 0) is 25.1 Å². The maximum atomic E-state index is 11.7. The molecule has 0 aliphatic rings. The minimum atomic E-state index is -0.0642. The number of amides is 1. The van der Waals surface area contributed by atoms with Crippen LogP contribution in [0.15, 0.2) is 24.3 Å². The summed E-state index contributed by atoms with van der Waals surface area (Å²) >= 11 is 0. The molecule has 2 N–H and O–H groups in total. The molecule has 0 unspecified atom stereocenters. The third-order valence-corrected chi connectivity index (χ3v) is 2.81. The highest BCUT2D eigenvalue weighted by Gasteiger charge is 2.05. The third-order valence-electron chi connectivity index (χ3n) is 2.81. The van der Waals surface area contributed by atoms with Crippen LogP contribution in [-0.4, -0.2) is 19.0 Å². The summed E-state index contributed by atoms with van der Waals surface area (Å²) in [7, 11) is 0. The zero-order valence-electron chi connectivity index (χ0n) is 11.4. The quantitative estimate of drug-likeness (QED) is 0.705. The molecule has 0 aliphatic heterocycles. The van der Waals surface area contributed by atoms with Crippen LogP contribution in [0.25, 0.3) is 0 Å². The van der Waals surface area contributed by atoms with E-state index in [4.69, 9.17) is 5.26 Å². The van der Waals surface area contributed by atoms with Crippen LogP contribution < -0.4 is 10.6 Å². The van der Waals surface area contributed by atoms with E-state index in [1.165, 1.54) is 12.8 Å². The second-order valence-electron chi connectivity index (χ2n) is 4.41. The number of hydrogen-bond acceptors (Lipinski definition) is 3. The normalized spacial score (nSPS) is 9.89. The highest BCUT2D eigenvalue weighted by molar-refractivity contribution is 5.92. The number of nitrogens with one attached hydrogen (secondary N) is 2. The molecule has 102 valence electrons. The van der Waals surface area contributed by atoms with Crippen molar-refractivity contribution in [3.8, 4) is 6.07 Å². The van der Waals surface area contributed by atoms with Crippen LogP contribution in [0.1, 0.15) is 38.2 Å². The van der Waals surface area contributed by atoms with E-state index in [1.54, 1.807) is 24.3 Å². The minimum absolute atomic E-state index is 0.0642. The molecule has 1 rings (SSSR count). The lowest BCUT2D eigenvalue weighted by Gasteiger charge is -2.07. The van der Waals surface area contributed by atoms with Gasteiger partial charge in [-0.2, -0.15) is 5.26 Å². The predicted octanol–water partition coefficient (Wildman–Crippen LogP) is 2.67. The van der Waals surface area contributed by atoms with Gasteiger partial charge in [-0.1, -0.05) is 31.9 Å². The Hall–Kier alpha value is -1.86. The fourth-order valence-corrected chi connectivity index (χ4v) is 1.73. The summed E-state index contributed by atoms with van der Waals surface area (Å²) in [5.74, 6) is -0.0642. The van der Waals surface area contributed by atoms with E-state index in [1.807, 2.05) is 0 Å². The van der Waals surface area contributed by atoms with Gasteiger partial charge in [-0.15, -0.1) is 0 Å². The van der Waals surface area contributed by atoms with E-state index in [0.717, 1.165) is 13.0 Å². The number of nitriles is 1. The average Bonchev–Trinajstić information content (AvgIpc) is 2.43. The number of unbranched alkanes of at least 4 members (excludes halogenated alkanes) is 2. The fourth-order valence-electron chi connectivity index (χ4n) is 1.73. The molecular formula is C15H21N3O. The van der Waals surface area contributed by atoms with Gasteiger partial charge in [0.15, 0.2) is 0 Å². The Bertz CT molecular complexity index is 437. The molecule has 0 radical (unpaired) electrons. The van der Waals surface area contributed by atoms with Crippen molar-refractivity contribution in [3.05, 3.63) is 29.8 Å². The van der Waals surface area contributed by atoms with E-state index in [0.29, 0.717) is 24.2 Å². The van der Waals surface area contributed by atoms with Crippen molar-refractivity contribution in [1.82, 2.24) is 5.32 Å². The first-order valence-corrected chi connectivity index (χ1v) is 6.77. The van der Waals surface area contributed by atoms with Crippen molar-refractivity contribution in [1.29, 1.82) is 5.26 Å². The van der Waals surface area contributed by atoms with Crippen LogP contribution in [-0.2, 0) is 4.79 Å². The lowest BCUT2D eigenvalue weighted by Crippen LogP contribution is -2.22. The molecule has 1 amide bonds. The van der Waals surface area contributed by atoms with Crippen molar-refractivity contribution < 1.29 is 4.79 Å². The van der Waals surface area contributed by atoms with Crippen molar-refractivity contribution >= 4 is 11.6 Å². The third kappa shape index (κ3) is 6.03. The maximum Gasteiger partial charge on any atom is 0.225 e. The number of anilines is 1. The van der Waals surface area contributed by atoms with Gasteiger partial charge in [0.1, 0.15) is 6.07 Å². The predicted molar refractivity (Wildman–Crippen MR) is 76.8 cm³/mol. The molecule has 0 bridgehead atoms. The Morgan fingerprint density at radius 3 is 2.79 bits per heavy atom. The zero-order chi connectivity index (χ0) is 13.9. The number of benzene rings is 1. The van der Waals surface area contributed by atoms with Gasteiger partial charge in [0, 0.05) is 13.0 Å². The number of rotatable bonds is 8. The van der Waals surface area contributed by atoms with Crippen molar-refractivity contribution in [2.45, 2.75) is 32.6 Å². The minimum Gasteiger partial charge on any atom is -0.325 e. The molecule has 1 aromatic rings. The molecule has 4 heteroatoms. The lowest BCUT2D eigenvalue weighted by atomic mass is 10.2. The summed E-state index contributed by atoms with van der Waals surface area (Å²) in [5, 5.41) is 14.9. The second kappa shape index (κ2) is 9.12. The highest BCUT2D eigenvalue weighted by atomic mass is 16.1. The van der Waals surface area contributed by atoms with Crippen molar-refractivity contribution in [2.24, 2.45) is 0 Å². The largest absolute Gasteiger partial charge is 0.325 e. The van der Waals surface area contributed by atoms with Gasteiger partial charge in [0.05, 0.1) is 11.3 Å². The molecular weight excluding hydrogens is 238 g/mol. The summed E-state index contributed by atoms with van der Waals surface area (Å²) in [4.78, 5) is 11.7. The summed E-state index contributed by atoms with van der Waals surface area (Å²) in [5.41, 5.74) is 1.08. The second-order valence-corrected chi connectivity index (χ2v) is 4.41. The number of nitrogens with zero attached hydrogens (tertiary/aromatic N) is 1. The van der Waals surface area contributed by atoms with Crippen molar-refractivity contribution in [2.75, 3.05) is 18.4 Å². The molecule has 0 heterocycles. The average molecular weight is 259 g/mol. The van der Waals surface area contributed by atoms with Gasteiger partial charge in [-0.25, -0.2) is 0 Å². The van der Waals surface area contributed by atoms with Crippen LogP contribution in [0, 0.1) is 11.3 Å². The topological polar surface area (TPSA) is 64.9 Å². The molecule has 0 spiro atoms. The van der Waals surface area contributed by atoms with Crippen LogP contribution >= 0.6 is 0 Å². The van der Waals surface area contributed by atoms with Gasteiger partial charge >= 0.3 is 0 Å². The lowest BCUT2D eigenvalue weighted by molar-refractivity contribution is -0.116. The standard InChI is InChI=1S/C15H21N3O/c1-2-3-6-10-17-11-9-15(19)18-14-8-5-4-7-13(14)12-16/h4-5,7-8,17H,2-3,6,9-11H2,1H3,(H,18,19).